The number of phenolic OH excluding ortho intramolecular Hbond substituents is 1. The molecule has 0 radical (unpaired) electrons. The normalized spacial score (nSPS) is 28.9. The van der Waals surface area contributed by atoms with Crippen molar-refractivity contribution in [2.75, 3.05) is 19.6 Å². The summed E-state index contributed by atoms with van der Waals surface area (Å²) in [5.74, 6) is -5.01. The largest absolute Gasteiger partial charge is 0.508 e. The van der Waals surface area contributed by atoms with Crippen LogP contribution in [-0.2, 0) is 44.8 Å². The number of hydrogen-bond donors (Lipinski definition) is 6. The molecule has 354 valence electrons. The second-order valence-corrected chi connectivity index (χ2v) is 19.5. The zero-order valence-corrected chi connectivity index (χ0v) is 39.0. The van der Waals surface area contributed by atoms with Crippen molar-refractivity contribution in [1.29, 1.82) is 0 Å². The van der Waals surface area contributed by atoms with E-state index in [2.05, 4.69) is 26.6 Å². The number of hydrogen-bond acceptors (Lipinski definition) is 9. The molecular formula is C47H72N8O9. The van der Waals surface area contributed by atoms with Gasteiger partial charge in [0.05, 0.1) is 0 Å². The number of phenols is 1. The minimum absolute atomic E-state index is 0.00265. The SMILES string of the molecule is CC[C@H](C)[C@@H]1NC(=O)[C@H](CC(C)C)NC(=O)[C@@H]2CCCN2C(=O)[C@H](C(C)C)NC(=O)[C@H](Cc2ccc(O)cc2)NC(=O)[C@@H]2CCCN2C(=O)[C@@H]2CCCN2C(=O)[C@H](CC(C)C)NC1=O. The molecule has 1 aromatic rings. The van der Waals surface area contributed by atoms with Gasteiger partial charge >= 0.3 is 0 Å². The van der Waals surface area contributed by atoms with Crippen molar-refractivity contribution in [3.8, 4) is 5.75 Å². The van der Waals surface area contributed by atoms with E-state index in [9.17, 15) is 43.5 Å². The summed E-state index contributed by atoms with van der Waals surface area (Å²) < 4.78 is 0. The summed E-state index contributed by atoms with van der Waals surface area (Å²) in [7, 11) is 0. The fourth-order valence-corrected chi connectivity index (χ4v) is 9.46. The molecule has 17 heteroatoms. The van der Waals surface area contributed by atoms with E-state index in [4.69, 9.17) is 0 Å². The Morgan fingerprint density at radius 2 is 0.984 bits per heavy atom. The molecular weight excluding hydrogens is 821 g/mol. The van der Waals surface area contributed by atoms with Crippen LogP contribution >= 0.6 is 0 Å². The predicted molar refractivity (Wildman–Crippen MR) is 239 cm³/mol. The van der Waals surface area contributed by atoms with E-state index >= 15 is 0 Å². The summed E-state index contributed by atoms with van der Waals surface area (Å²) in [6.45, 7) is 15.7. The number of benzene rings is 1. The molecule has 0 aliphatic carbocycles. The molecule has 0 unspecified atom stereocenters. The number of carbonyl (C=O) groups is 8. The van der Waals surface area contributed by atoms with E-state index in [0.717, 1.165) is 0 Å². The van der Waals surface area contributed by atoms with Crippen LogP contribution in [0.25, 0.3) is 0 Å². The van der Waals surface area contributed by atoms with Gasteiger partial charge < -0.3 is 46.4 Å². The van der Waals surface area contributed by atoms with E-state index in [1.807, 2.05) is 41.5 Å². The molecule has 17 nitrogen and oxygen atoms in total. The number of fused-ring (bicyclic) bond motifs is 3. The number of amides is 8. The van der Waals surface area contributed by atoms with Crippen molar-refractivity contribution in [3.05, 3.63) is 29.8 Å². The molecule has 4 heterocycles. The Hall–Kier alpha value is -5.22. The Morgan fingerprint density at radius 1 is 0.531 bits per heavy atom. The fourth-order valence-electron chi connectivity index (χ4n) is 9.46. The lowest BCUT2D eigenvalue weighted by atomic mass is 9.95. The van der Waals surface area contributed by atoms with Crippen LogP contribution in [0.4, 0.5) is 0 Å². The molecule has 5 rings (SSSR count). The highest BCUT2D eigenvalue weighted by Gasteiger charge is 2.46. The molecule has 4 aliphatic heterocycles. The molecule has 4 aliphatic rings. The summed E-state index contributed by atoms with van der Waals surface area (Å²) in [4.78, 5) is 119. The van der Waals surface area contributed by atoms with Crippen LogP contribution in [0.1, 0.15) is 119 Å². The van der Waals surface area contributed by atoms with E-state index < -0.39 is 95.6 Å². The quantitative estimate of drug-likeness (QED) is 0.213. The smallest absolute Gasteiger partial charge is 0.246 e. The van der Waals surface area contributed by atoms with Gasteiger partial charge in [0.1, 0.15) is 54.1 Å². The molecule has 8 amide bonds. The van der Waals surface area contributed by atoms with Gasteiger partial charge in [0.2, 0.25) is 47.3 Å². The van der Waals surface area contributed by atoms with E-state index in [0.29, 0.717) is 50.5 Å². The highest BCUT2D eigenvalue weighted by atomic mass is 16.3. The van der Waals surface area contributed by atoms with Crippen LogP contribution in [0.5, 0.6) is 5.75 Å². The van der Waals surface area contributed by atoms with E-state index in [-0.39, 0.29) is 68.3 Å². The van der Waals surface area contributed by atoms with Gasteiger partial charge in [0.15, 0.2) is 0 Å². The van der Waals surface area contributed by atoms with Gasteiger partial charge in [0.25, 0.3) is 0 Å². The van der Waals surface area contributed by atoms with E-state index in [1.54, 1.807) is 26.0 Å². The Kier molecular flexibility index (Phi) is 17.2. The molecule has 1 aromatic carbocycles. The number of aromatic hydroxyl groups is 1. The first-order valence-electron chi connectivity index (χ1n) is 23.5. The second-order valence-electron chi connectivity index (χ2n) is 19.5. The van der Waals surface area contributed by atoms with Gasteiger partial charge in [-0.25, -0.2) is 0 Å². The topological polar surface area (TPSA) is 227 Å². The van der Waals surface area contributed by atoms with Crippen LogP contribution in [0.15, 0.2) is 24.3 Å². The maximum absolute atomic E-state index is 14.5. The summed E-state index contributed by atoms with van der Waals surface area (Å²) in [5, 5.41) is 24.5. The number of nitrogens with one attached hydrogen (secondary N) is 5. The third-order valence-electron chi connectivity index (χ3n) is 13.2. The predicted octanol–water partition coefficient (Wildman–Crippen LogP) is 2.14. The lowest BCUT2D eigenvalue weighted by Crippen LogP contribution is -2.62. The zero-order valence-electron chi connectivity index (χ0n) is 39.0. The maximum Gasteiger partial charge on any atom is 0.246 e. The second kappa shape index (κ2) is 22.1. The molecule has 4 fully saturated rings. The van der Waals surface area contributed by atoms with Crippen molar-refractivity contribution in [2.24, 2.45) is 23.7 Å². The van der Waals surface area contributed by atoms with Crippen LogP contribution in [0.2, 0.25) is 0 Å². The Balaban J connectivity index is 1.56. The minimum Gasteiger partial charge on any atom is -0.508 e. The zero-order chi connectivity index (χ0) is 47.0. The fraction of sp³-hybridized carbons (Fsp3) is 0.702. The lowest BCUT2D eigenvalue weighted by molar-refractivity contribution is -0.148. The van der Waals surface area contributed by atoms with Crippen molar-refractivity contribution >= 4 is 47.3 Å². The van der Waals surface area contributed by atoms with E-state index in [1.165, 1.54) is 26.8 Å². The third kappa shape index (κ3) is 12.1. The first-order valence-corrected chi connectivity index (χ1v) is 23.5. The first-order chi connectivity index (χ1) is 30.3. The van der Waals surface area contributed by atoms with Gasteiger partial charge in [-0.15, -0.1) is 0 Å². The van der Waals surface area contributed by atoms with Gasteiger partial charge in [-0.3, -0.25) is 38.4 Å². The summed E-state index contributed by atoms with van der Waals surface area (Å²) in [6.07, 6.45) is 3.58. The van der Waals surface area contributed by atoms with Gasteiger partial charge in [0, 0.05) is 26.1 Å². The van der Waals surface area contributed by atoms with Crippen LogP contribution < -0.4 is 26.6 Å². The van der Waals surface area contributed by atoms with Crippen molar-refractivity contribution < 1.29 is 43.5 Å². The molecule has 64 heavy (non-hydrogen) atoms. The van der Waals surface area contributed by atoms with Crippen molar-refractivity contribution in [1.82, 2.24) is 41.3 Å². The highest BCUT2D eigenvalue weighted by molar-refractivity contribution is 5.99. The standard InChI is InChI=1S/C47H72N8O9/c1-9-29(8)39-44(61)50-34(24-27(4)5)45(62)55-22-12-15-37(55)46(63)53-20-10-13-35(53)42(59)49-33(25-30-16-18-31(56)19-17-30)41(58)51-38(28(6)7)47(64)54-21-11-14-36(54)43(60)48-32(23-26(2)3)40(57)52-39/h16-19,26-29,32-39,56H,9-15,20-25H2,1-8H3,(H,48,60)(H,49,59)(H,50,61)(H,51,58)(H,52,57)/t29-,32-,33-,34-,35-,36-,37-,38-,39-/m0/s1. The molecule has 0 saturated carbocycles. The van der Waals surface area contributed by atoms with Crippen LogP contribution in [0, 0.1) is 23.7 Å². The van der Waals surface area contributed by atoms with Crippen LogP contribution in [-0.4, -0.2) is 135 Å². The number of rotatable bonds is 9. The Bertz CT molecular complexity index is 1870. The molecule has 6 N–H and O–H groups in total. The van der Waals surface area contributed by atoms with Crippen molar-refractivity contribution in [3.63, 3.8) is 0 Å². The Labute approximate surface area is 377 Å². The van der Waals surface area contributed by atoms with Crippen LogP contribution in [0.3, 0.4) is 0 Å². The monoisotopic (exact) mass is 893 g/mol. The molecule has 0 bridgehead atoms. The highest BCUT2D eigenvalue weighted by Crippen LogP contribution is 2.28. The number of carbonyl (C=O) groups excluding carboxylic acids is 8. The van der Waals surface area contributed by atoms with Crippen molar-refractivity contribution in [2.45, 2.75) is 168 Å². The molecule has 0 spiro atoms. The van der Waals surface area contributed by atoms with Gasteiger partial charge in [-0.1, -0.05) is 73.9 Å². The minimum atomic E-state index is -1.20. The summed E-state index contributed by atoms with van der Waals surface area (Å²) in [6, 6.07) is -2.00. The average Bonchev–Trinajstić information content (AvgIpc) is 4.05. The maximum atomic E-state index is 14.5. The van der Waals surface area contributed by atoms with Gasteiger partial charge in [-0.05, 0) is 92.7 Å². The Morgan fingerprint density at radius 3 is 1.52 bits per heavy atom. The third-order valence-corrected chi connectivity index (χ3v) is 13.2. The first kappa shape index (κ1) is 49.8. The molecule has 9 atom stereocenters. The summed E-state index contributed by atoms with van der Waals surface area (Å²) >= 11 is 0. The summed E-state index contributed by atoms with van der Waals surface area (Å²) in [5.41, 5.74) is 0.619. The number of nitrogens with zero attached hydrogens (tertiary/aromatic N) is 3. The molecule has 0 aromatic heterocycles. The van der Waals surface area contributed by atoms with Gasteiger partial charge in [-0.2, -0.15) is 0 Å². The molecule has 4 saturated heterocycles. The lowest BCUT2D eigenvalue weighted by Gasteiger charge is -2.35. The average molecular weight is 893 g/mol.